The zero-order valence-corrected chi connectivity index (χ0v) is 12.3. The van der Waals surface area contributed by atoms with E-state index in [-0.39, 0.29) is 18.7 Å². The van der Waals surface area contributed by atoms with Crippen LogP contribution < -0.4 is 5.32 Å². The van der Waals surface area contributed by atoms with Gasteiger partial charge in [-0.3, -0.25) is 9.59 Å². The molecular weight excluding hydrogens is 270 g/mol. The summed E-state index contributed by atoms with van der Waals surface area (Å²) in [5.41, 5.74) is 1.37. The summed E-state index contributed by atoms with van der Waals surface area (Å²) >= 11 is 0. The van der Waals surface area contributed by atoms with Crippen LogP contribution >= 0.6 is 0 Å². The maximum atomic E-state index is 12.1. The molecule has 0 saturated heterocycles. The standard InChI is InChI=1S/C16H21NO4/c1-16(2,9-14(20)21)8-13(19)17-15-11-6-4-3-5-10(11)7-12(15)18/h3-6,12,15,18H,7-9H2,1-2H3,(H,17,19)(H,20,21)/t12-,15+/m1/s1. The van der Waals surface area contributed by atoms with Crippen LogP contribution in [0.2, 0.25) is 0 Å². The Kier molecular flexibility index (Phi) is 4.32. The van der Waals surface area contributed by atoms with Crippen LogP contribution in [0.3, 0.4) is 0 Å². The van der Waals surface area contributed by atoms with Crippen molar-refractivity contribution < 1.29 is 19.8 Å². The zero-order valence-electron chi connectivity index (χ0n) is 12.3. The number of aliphatic hydroxyl groups excluding tert-OH is 1. The Bertz CT molecular complexity index is 553. The monoisotopic (exact) mass is 291 g/mol. The number of carboxylic acid groups (broad SMARTS) is 1. The number of fused-ring (bicyclic) bond motifs is 1. The Morgan fingerprint density at radius 3 is 2.62 bits per heavy atom. The maximum absolute atomic E-state index is 12.1. The number of carbonyl (C=O) groups excluding carboxylic acids is 1. The van der Waals surface area contributed by atoms with Gasteiger partial charge in [-0.15, -0.1) is 0 Å². The van der Waals surface area contributed by atoms with Crippen LogP contribution in [0.5, 0.6) is 0 Å². The van der Waals surface area contributed by atoms with Crippen molar-refractivity contribution in [1.82, 2.24) is 5.32 Å². The lowest BCUT2D eigenvalue weighted by Gasteiger charge is -2.24. The van der Waals surface area contributed by atoms with E-state index in [0.29, 0.717) is 6.42 Å². The molecule has 2 atom stereocenters. The van der Waals surface area contributed by atoms with Crippen LogP contribution in [0.1, 0.15) is 43.9 Å². The molecular formula is C16H21NO4. The van der Waals surface area contributed by atoms with Gasteiger partial charge in [-0.05, 0) is 16.5 Å². The number of rotatable bonds is 5. The topological polar surface area (TPSA) is 86.6 Å². The fraction of sp³-hybridized carbons (Fsp3) is 0.500. The van der Waals surface area contributed by atoms with Crippen molar-refractivity contribution in [2.45, 2.75) is 45.3 Å². The SMILES string of the molecule is CC(C)(CC(=O)O)CC(=O)N[C@H]1c2ccccc2C[C@H]1O. The van der Waals surface area contributed by atoms with Gasteiger partial charge in [-0.2, -0.15) is 0 Å². The molecule has 21 heavy (non-hydrogen) atoms. The normalized spacial score (nSPS) is 20.9. The summed E-state index contributed by atoms with van der Waals surface area (Å²) in [5.74, 6) is -1.15. The van der Waals surface area contributed by atoms with Crippen molar-refractivity contribution in [3.8, 4) is 0 Å². The summed E-state index contributed by atoms with van der Waals surface area (Å²) in [6, 6.07) is 7.22. The number of amides is 1. The Morgan fingerprint density at radius 1 is 1.29 bits per heavy atom. The highest BCUT2D eigenvalue weighted by Crippen LogP contribution is 2.32. The number of aliphatic hydroxyl groups is 1. The highest BCUT2D eigenvalue weighted by molar-refractivity contribution is 5.78. The van der Waals surface area contributed by atoms with Gasteiger partial charge in [0.15, 0.2) is 0 Å². The summed E-state index contributed by atoms with van der Waals surface area (Å²) in [6.45, 7) is 3.50. The minimum Gasteiger partial charge on any atom is -0.481 e. The third kappa shape index (κ3) is 3.82. The Hall–Kier alpha value is -1.88. The number of nitrogens with one attached hydrogen (secondary N) is 1. The Morgan fingerprint density at radius 2 is 1.95 bits per heavy atom. The molecule has 0 fully saturated rings. The average molecular weight is 291 g/mol. The summed E-state index contributed by atoms with van der Waals surface area (Å²) in [4.78, 5) is 22.9. The largest absolute Gasteiger partial charge is 0.481 e. The third-order valence-electron chi connectivity index (χ3n) is 3.79. The van der Waals surface area contributed by atoms with Gasteiger partial charge in [0.2, 0.25) is 5.91 Å². The molecule has 0 saturated carbocycles. The van der Waals surface area contributed by atoms with Gasteiger partial charge in [0.25, 0.3) is 0 Å². The van der Waals surface area contributed by atoms with Gasteiger partial charge >= 0.3 is 5.97 Å². The molecule has 1 aromatic carbocycles. The third-order valence-corrected chi connectivity index (χ3v) is 3.79. The van der Waals surface area contributed by atoms with Crippen molar-refractivity contribution in [1.29, 1.82) is 0 Å². The lowest BCUT2D eigenvalue weighted by molar-refractivity contribution is -0.139. The Balaban J connectivity index is 2.02. The molecule has 114 valence electrons. The van der Waals surface area contributed by atoms with Gasteiger partial charge in [-0.25, -0.2) is 0 Å². The van der Waals surface area contributed by atoms with E-state index < -0.39 is 23.5 Å². The van der Waals surface area contributed by atoms with Crippen LogP contribution in [0.15, 0.2) is 24.3 Å². The van der Waals surface area contributed by atoms with Gasteiger partial charge in [0, 0.05) is 12.8 Å². The summed E-state index contributed by atoms with van der Waals surface area (Å²) < 4.78 is 0. The Labute approximate surface area is 124 Å². The lowest BCUT2D eigenvalue weighted by Crippen LogP contribution is -2.36. The van der Waals surface area contributed by atoms with E-state index in [1.165, 1.54) is 0 Å². The molecule has 0 radical (unpaired) electrons. The minimum absolute atomic E-state index is 0.0653. The first-order chi connectivity index (χ1) is 9.78. The number of carbonyl (C=O) groups is 2. The molecule has 5 heteroatoms. The van der Waals surface area contributed by atoms with Crippen molar-refractivity contribution in [2.24, 2.45) is 5.41 Å². The van der Waals surface area contributed by atoms with E-state index in [4.69, 9.17) is 5.11 Å². The van der Waals surface area contributed by atoms with Gasteiger partial charge in [0.1, 0.15) is 0 Å². The van der Waals surface area contributed by atoms with Crippen molar-refractivity contribution >= 4 is 11.9 Å². The molecule has 3 N–H and O–H groups in total. The van der Waals surface area contributed by atoms with Gasteiger partial charge < -0.3 is 15.5 Å². The molecule has 2 rings (SSSR count). The number of hydrogen-bond donors (Lipinski definition) is 3. The van der Waals surface area contributed by atoms with Crippen molar-refractivity contribution in [3.63, 3.8) is 0 Å². The predicted molar refractivity (Wildman–Crippen MR) is 77.7 cm³/mol. The van der Waals surface area contributed by atoms with E-state index >= 15 is 0 Å². The molecule has 0 bridgehead atoms. The first-order valence-electron chi connectivity index (χ1n) is 7.05. The fourth-order valence-corrected chi connectivity index (χ4v) is 2.88. The number of carboxylic acids is 1. The summed E-state index contributed by atoms with van der Waals surface area (Å²) in [5, 5.41) is 21.8. The zero-order chi connectivity index (χ0) is 15.6. The van der Waals surface area contributed by atoms with Crippen LogP contribution in [0.25, 0.3) is 0 Å². The highest BCUT2D eigenvalue weighted by Gasteiger charge is 2.33. The molecule has 1 aliphatic rings. The van der Waals surface area contributed by atoms with E-state index in [2.05, 4.69) is 5.32 Å². The van der Waals surface area contributed by atoms with Crippen molar-refractivity contribution in [3.05, 3.63) is 35.4 Å². The molecule has 0 aromatic heterocycles. The number of aliphatic carboxylic acids is 1. The second-order valence-corrected chi connectivity index (χ2v) is 6.43. The average Bonchev–Trinajstić information content (AvgIpc) is 2.63. The number of hydrogen-bond acceptors (Lipinski definition) is 3. The maximum Gasteiger partial charge on any atom is 0.303 e. The molecule has 0 spiro atoms. The highest BCUT2D eigenvalue weighted by atomic mass is 16.4. The van der Waals surface area contributed by atoms with Crippen LogP contribution in [0, 0.1) is 5.41 Å². The lowest BCUT2D eigenvalue weighted by atomic mass is 9.85. The predicted octanol–water partition coefficient (Wildman–Crippen LogP) is 1.65. The van der Waals surface area contributed by atoms with E-state index in [1.807, 2.05) is 24.3 Å². The van der Waals surface area contributed by atoms with Crippen LogP contribution in [-0.4, -0.2) is 28.2 Å². The van der Waals surface area contributed by atoms with Crippen LogP contribution in [-0.2, 0) is 16.0 Å². The molecule has 0 aliphatic heterocycles. The number of benzene rings is 1. The van der Waals surface area contributed by atoms with Crippen LogP contribution in [0.4, 0.5) is 0 Å². The molecule has 5 nitrogen and oxygen atoms in total. The fourth-order valence-electron chi connectivity index (χ4n) is 2.88. The second-order valence-electron chi connectivity index (χ2n) is 6.43. The first kappa shape index (κ1) is 15.5. The quantitative estimate of drug-likeness (QED) is 0.770. The minimum atomic E-state index is -0.918. The van der Waals surface area contributed by atoms with E-state index in [9.17, 15) is 14.7 Å². The van der Waals surface area contributed by atoms with E-state index in [1.54, 1.807) is 13.8 Å². The molecule has 0 unspecified atom stereocenters. The summed E-state index contributed by atoms with van der Waals surface area (Å²) in [6.07, 6.45) is -0.0527. The molecule has 1 aromatic rings. The van der Waals surface area contributed by atoms with Crippen molar-refractivity contribution in [2.75, 3.05) is 0 Å². The second kappa shape index (κ2) is 5.85. The molecule has 1 aliphatic carbocycles. The molecule has 1 amide bonds. The van der Waals surface area contributed by atoms with E-state index in [0.717, 1.165) is 11.1 Å². The first-order valence-corrected chi connectivity index (χ1v) is 7.05. The molecule has 0 heterocycles. The smallest absolute Gasteiger partial charge is 0.303 e. The summed E-state index contributed by atoms with van der Waals surface area (Å²) in [7, 11) is 0. The van der Waals surface area contributed by atoms with Gasteiger partial charge in [-0.1, -0.05) is 38.1 Å². The van der Waals surface area contributed by atoms with Gasteiger partial charge in [0.05, 0.1) is 18.6 Å².